The second-order valence-electron chi connectivity index (χ2n) is 5.44. The average Bonchev–Trinajstić information content (AvgIpc) is 2.89. The largest absolute Gasteiger partial charge is 0.414 e. The Morgan fingerprint density at radius 3 is 2.96 bits per heavy atom. The molecule has 4 nitrogen and oxygen atoms in total. The topological polar surface area (TPSA) is 41.6 Å². The van der Waals surface area contributed by atoms with Gasteiger partial charge in [0.05, 0.1) is 6.54 Å². The van der Waals surface area contributed by atoms with E-state index in [1.807, 2.05) is 13.0 Å². The molecule has 0 aliphatic heterocycles. The van der Waals surface area contributed by atoms with E-state index in [2.05, 4.69) is 11.2 Å². The molecule has 0 saturated carbocycles. The van der Waals surface area contributed by atoms with Crippen LogP contribution in [0.25, 0.3) is 0 Å². The van der Waals surface area contributed by atoms with Crippen LogP contribution < -0.4 is 10.1 Å². The third kappa shape index (κ3) is 4.78. The molecule has 1 atom stereocenters. The molecule has 126 valence electrons. The molecule has 0 aromatic heterocycles. The Morgan fingerprint density at radius 2 is 2.30 bits per heavy atom. The fourth-order valence-electron chi connectivity index (χ4n) is 2.71. The number of amides is 1. The molecule has 1 N–H and O–H groups in total. The number of fused-ring (bicyclic) bond motifs is 1. The van der Waals surface area contributed by atoms with Crippen LogP contribution in [-0.4, -0.2) is 31.1 Å². The third-order valence-corrected chi connectivity index (χ3v) is 4.13. The van der Waals surface area contributed by atoms with Crippen LogP contribution >= 0.6 is 24.0 Å². The number of carbonyl (C=O) groups is 1. The van der Waals surface area contributed by atoms with Crippen LogP contribution in [0, 0.1) is 12.3 Å². The smallest absolute Gasteiger partial charge is 0.410 e. The summed E-state index contributed by atoms with van der Waals surface area (Å²) < 4.78 is 5.42. The fourth-order valence-corrected chi connectivity index (χ4v) is 3.02. The van der Waals surface area contributed by atoms with Gasteiger partial charge in [-0.3, -0.25) is 5.32 Å². The highest BCUT2D eigenvalue weighted by Gasteiger charge is 2.25. The Bertz CT molecular complexity index is 599. The summed E-state index contributed by atoms with van der Waals surface area (Å²) >= 11 is 6.33. The molecule has 1 aromatic rings. The number of nitrogens with zero attached hydrogens (tertiary/aromatic N) is 1. The third-order valence-electron chi connectivity index (χ3n) is 3.79. The van der Waals surface area contributed by atoms with Gasteiger partial charge in [0.2, 0.25) is 0 Å². The predicted octanol–water partition coefficient (Wildman–Crippen LogP) is 3.81. The molecule has 6 heteroatoms. The lowest BCUT2D eigenvalue weighted by atomic mass is 10.1. The summed E-state index contributed by atoms with van der Waals surface area (Å²) in [5, 5.41) is 3.93. The molecule has 0 saturated heterocycles. The number of nitrogens with one attached hydrogen (secondary N) is 1. The molecule has 2 rings (SSSR count). The highest BCUT2D eigenvalue weighted by Crippen LogP contribution is 2.38. The van der Waals surface area contributed by atoms with Gasteiger partial charge < -0.3 is 9.64 Å². The summed E-state index contributed by atoms with van der Waals surface area (Å²) in [6, 6.07) is 3.76. The van der Waals surface area contributed by atoms with E-state index in [-0.39, 0.29) is 24.5 Å². The number of hydrogen-bond donors (Lipinski definition) is 1. The molecule has 0 radical (unpaired) electrons. The first-order valence-corrected chi connectivity index (χ1v) is 7.86. The van der Waals surface area contributed by atoms with Crippen molar-refractivity contribution < 1.29 is 9.53 Å². The second kappa shape index (κ2) is 9.02. The first-order chi connectivity index (χ1) is 10.6. The Labute approximate surface area is 148 Å². The molecule has 23 heavy (non-hydrogen) atoms. The van der Waals surface area contributed by atoms with E-state index in [4.69, 9.17) is 22.8 Å². The molecule has 0 heterocycles. The monoisotopic (exact) mass is 356 g/mol. The molecule has 0 bridgehead atoms. The molecule has 0 spiro atoms. The van der Waals surface area contributed by atoms with E-state index in [1.54, 1.807) is 18.0 Å². The lowest BCUT2D eigenvalue weighted by Crippen LogP contribution is -2.30. The minimum atomic E-state index is -0.371. The Kier molecular flexibility index (Phi) is 7.70. The predicted molar refractivity (Wildman–Crippen MR) is 95.5 cm³/mol. The molecular formula is C17H22Cl2N2O2. The molecule has 1 aliphatic carbocycles. The Balaban J connectivity index is 0.00000264. The first kappa shape index (κ1) is 19.6. The summed E-state index contributed by atoms with van der Waals surface area (Å²) in [5.74, 6) is 3.06. The van der Waals surface area contributed by atoms with Crippen molar-refractivity contribution in [3.63, 3.8) is 0 Å². The molecular weight excluding hydrogens is 335 g/mol. The number of carbonyl (C=O) groups excluding carboxylic acids is 1. The second-order valence-corrected chi connectivity index (χ2v) is 5.85. The van der Waals surface area contributed by atoms with Crippen molar-refractivity contribution in [2.45, 2.75) is 32.2 Å². The lowest BCUT2D eigenvalue weighted by molar-refractivity contribution is 0.163. The minimum Gasteiger partial charge on any atom is -0.410 e. The van der Waals surface area contributed by atoms with Gasteiger partial charge in [-0.15, -0.1) is 18.8 Å². The zero-order valence-electron chi connectivity index (χ0n) is 13.4. The van der Waals surface area contributed by atoms with Crippen LogP contribution in [0.1, 0.15) is 36.9 Å². The zero-order valence-corrected chi connectivity index (χ0v) is 15.0. The number of benzene rings is 1. The van der Waals surface area contributed by atoms with Gasteiger partial charge in [-0.2, -0.15) is 0 Å². The Hall–Kier alpha value is -1.41. The number of halogens is 2. The highest BCUT2D eigenvalue weighted by molar-refractivity contribution is 6.31. The summed E-state index contributed by atoms with van der Waals surface area (Å²) in [7, 11) is 1.72. The van der Waals surface area contributed by atoms with Crippen LogP contribution in [0.3, 0.4) is 0 Å². The number of terminal acetylenes is 1. The number of hydrogen-bond acceptors (Lipinski definition) is 3. The summed E-state index contributed by atoms with van der Waals surface area (Å²) in [4.78, 5) is 13.5. The van der Waals surface area contributed by atoms with Gasteiger partial charge >= 0.3 is 6.09 Å². The van der Waals surface area contributed by atoms with Crippen molar-refractivity contribution >= 4 is 30.1 Å². The van der Waals surface area contributed by atoms with Gasteiger partial charge in [-0.1, -0.05) is 24.4 Å². The number of rotatable bonds is 5. The van der Waals surface area contributed by atoms with Gasteiger partial charge in [0, 0.05) is 24.7 Å². The summed E-state index contributed by atoms with van der Waals surface area (Å²) in [6.07, 6.45) is 7.66. The quantitative estimate of drug-likeness (QED) is 0.815. The van der Waals surface area contributed by atoms with Crippen molar-refractivity contribution in [3.05, 3.63) is 28.3 Å². The maximum Gasteiger partial charge on any atom is 0.414 e. The summed E-state index contributed by atoms with van der Waals surface area (Å²) in [6.45, 7) is 3.17. The van der Waals surface area contributed by atoms with Crippen molar-refractivity contribution in [3.8, 4) is 18.1 Å². The minimum absolute atomic E-state index is 0. The first-order valence-electron chi connectivity index (χ1n) is 7.49. The van der Waals surface area contributed by atoms with E-state index in [0.29, 0.717) is 23.9 Å². The van der Waals surface area contributed by atoms with Gasteiger partial charge in [-0.25, -0.2) is 4.79 Å². The summed E-state index contributed by atoms with van der Waals surface area (Å²) in [5.41, 5.74) is 2.18. The van der Waals surface area contributed by atoms with E-state index >= 15 is 0 Å². The van der Waals surface area contributed by atoms with Crippen molar-refractivity contribution in [1.29, 1.82) is 0 Å². The van der Waals surface area contributed by atoms with Gasteiger partial charge in [0.25, 0.3) is 0 Å². The van der Waals surface area contributed by atoms with Crippen molar-refractivity contribution in [1.82, 2.24) is 10.2 Å². The van der Waals surface area contributed by atoms with E-state index in [1.165, 1.54) is 0 Å². The highest BCUT2D eigenvalue weighted by atomic mass is 35.5. The molecule has 1 amide bonds. The van der Waals surface area contributed by atoms with Gasteiger partial charge in [0.15, 0.2) is 0 Å². The lowest BCUT2D eigenvalue weighted by Gasteiger charge is -2.17. The SMILES string of the molecule is C#CCNC1CCc2c(Cl)cc(OC(=O)N(C)CCC)cc21.Cl. The van der Waals surface area contributed by atoms with Crippen LogP contribution in [-0.2, 0) is 6.42 Å². The van der Waals surface area contributed by atoms with Crippen LogP contribution in [0.2, 0.25) is 5.02 Å². The zero-order chi connectivity index (χ0) is 16.1. The van der Waals surface area contributed by atoms with Gasteiger partial charge in [-0.05, 0) is 42.5 Å². The maximum absolute atomic E-state index is 12.0. The van der Waals surface area contributed by atoms with Crippen LogP contribution in [0.4, 0.5) is 4.79 Å². The maximum atomic E-state index is 12.0. The van der Waals surface area contributed by atoms with E-state index in [9.17, 15) is 4.79 Å². The van der Waals surface area contributed by atoms with Crippen molar-refractivity contribution in [2.24, 2.45) is 0 Å². The Morgan fingerprint density at radius 1 is 1.57 bits per heavy atom. The van der Waals surface area contributed by atoms with Gasteiger partial charge in [0.1, 0.15) is 5.75 Å². The standard InChI is InChI=1S/C17H21ClN2O2.ClH/c1-4-8-19-16-7-6-13-14(16)10-12(11-15(13)18)22-17(21)20(3)9-5-2;/h1,10-11,16,19H,5-9H2,2-3H3;1H. The molecule has 1 aromatic carbocycles. The van der Waals surface area contributed by atoms with E-state index < -0.39 is 0 Å². The molecule has 0 fully saturated rings. The number of ether oxygens (including phenoxy) is 1. The molecule has 1 aliphatic rings. The molecule has 1 unspecified atom stereocenters. The van der Waals surface area contributed by atoms with Crippen LogP contribution in [0.5, 0.6) is 5.75 Å². The van der Waals surface area contributed by atoms with Crippen molar-refractivity contribution in [2.75, 3.05) is 20.1 Å². The van der Waals surface area contributed by atoms with E-state index in [0.717, 1.165) is 30.4 Å². The normalized spacial score (nSPS) is 15.3. The average molecular weight is 357 g/mol. The van der Waals surface area contributed by atoms with Crippen LogP contribution in [0.15, 0.2) is 12.1 Å². The fraction of sp³-hybridized carbons (Fsp3) is 0.471.